The Morgan fingerprint density at radius 1 is 1.27 bits per heavy atom. The number of rotatable bonds is 6. The fourth-order valence-corrected chi connectivity index (χ4v) is 2.10. The van der Waals surface area contributed by atoms with Crippen molar-refractivity contribution < 1.29 is 19.4 Å². The van der Waals surface area contributed by atoms with Gasteiger partial charge in [0.15, 0.2) is 5.16 Å². The lowest BCUT2D eigenvalue weighted by Crippen LogP contribution is -2.36. The van der Waals surface area contributed by atoms with Crippen molar-refractivity contribution in [2.24, 2.45) is 0 Å². The second-order valence-electron chi connectivity index (χ2n) is 4.39. The molecule has 1 atom stereocenters. The van der Waals surface area contributed by atoms with E-state index < -0.39 is 17.9 Å². The van der Waals surface area contributed by atoms with Crippen LogP contribution in [0.4, 0.5) is 0 Å². The first-order chi connectivity index (χ1) is 10.5. The molecule has 2 aromatic rings. The number of carbonyl (C=O) groups excluding carboxylic acids is 1. The van der Waals surface area contributed by atoms with Crippen LogP contribution < -0.4 is 4.74 Å². The van der Waals surface area contributed by atoms with Gasteiger partial charge in [-0.2, -0.15) is 0 Å². The Morgan fingerprint density at radius 2 is 2.00 bits per heavy atom. The van der Waals surface area contributed by atoms with Gasteiger partial charge in [0, 0.05) is 6.20 Å². The second kappa shape index (κ2) is 7.04. The van der Waals surface area contributed by atoms with E-state index in [2.05, 4.69) is 9.97 Å². The van der Waals surface area contributed by atoms with Crippen molar-refractivity contribution in [1.82, 2.24) is 9.97 Å². The largest absolute Gasteiger partial charge is 0.478 e. The number of hydrogen-bond donors (Lipinski definition) is 1. The molecule has 0 radical (unpaired) electrons. The van der Waals surface area contributed by atoms with E-state index in [1.807, 2.05) is 0 Å². The Morgan fingerprint density at radius 3 is 2.64 bits per heavy atom. The third-order valence-corrected chi connectivity index (χ3v) is 3.43. The highest BCUT2D eigenvalue weighted by atomic mass is 32.2. The molecule has 0 aliphatic rings. The Balaban J connectivity index is 2.29. The summed E-state index contributed by atoms with van der Waals surface area (Å²) >= 11 is 1.26. The van der Waals surface area contributed by atoms with Gasteiger partial charge < -0.3 is 9.84 Å². The Bertz CT molecular complexity index is 705. The molecule has 0 bridgehead atoms. The molecular weight excluding hydrogens is 304 g/mol. The normalized spacial score (nSPS) is 11.7. The first-order valence-corrected chi connectivity index (χ1v) is 7.61. The van der Waals surface area contributed by atoms with E-state index in [0.29, 0.717) is 10.9 Å². The summed E-state index contributed by atoms with van der Waals surface area (Å²) in [7, 11) is 0. The van der Waals surface area contributed by atoms with Crippen LogP contribution in [-0.4, -0.2) is 39.2 Å². The van der Waals surface area contributed by atoms with Crippen molar-refractivity contribution in [3.05, 3.63) is 47.8 Å². The number of carboxylic acids is 1. The van der Waals surface area contributed by atoms with E-state index >= 15 is 0 Å². The molecule has 0 aliphatic heterocycles. The number of para-hydroxylation sites is 1. The Labute approximate surface area is 131 Å². The first kappa shape index (κ1) is 16.0. The smallest absolute Gasteiger partial charge is 0.353 e. The molecule has 0 fully saturated rings. The summed E-state index contributed by atoms with van der Waals surface area (Å²) in [5.74, 6) is -1.73. The zero-order valence-electron chi connectivity index (χ0n) is 12.0. The fourth-order valence-electron chi connectivity index (χ4n) is 1.74. The van der Waals surface area contributed by atoms with Gasteiger partial charge >= 0.3 is 5.97 Å². The number of aryl methyl sites for hydroxylation is 1. The number of ether oxygens (including phenoxy) is 1. The number of benzene rings is 1. The topological polar surface area (TPSA) is 89.4 Å². The zero-order chi connectivity index (χ0) is 16.1. The van der Waals surface area contributed by atoms with E-state index in [0.717, 1.165) is 5.56 Å². The van der Waals surface area contributed by atoms with Gasteiger partial charge in [0.1, 0.15) is 11.4 Å². The molecule has 0 saturated carbocycles. The highest BCUT2D eigenvalue weighted by Gasteiger charge is 2.31. The van der Waals surface area contributed by atoms with Gasteiger partial charge in [-0.3, -0.25) is 4.79 Å². The molecule has 0 aliphatic carbocycles. The second-order valence-corrected chi connectivity index (χ2v) is 5.17. The third kappa shape index (κ3) is 3.62. The minimum absolute atomic E-state index is 0.0142. The van der Waals surface area contributed by atoms with Crippen LogP contribution in [0.2, 0.25) is 0 Å². The van der Waals surface area contributed by atoms with Crippen LogP contribution in [0.1, 0.15) is 16.1 Å². The van der Waals surface area contributed by atoms with Crippen LogP contribution in [0, 0.1) is 6.92 Å². The van der Waals surface area contributed by atoms with E-state index in [-0.39, 0.29) is 5.69 Å². The molecule has 7 heteroatoms. The van der Waals surface area contributed by atoms with Gasteiger partial charge in [0.05, 0.1) is 0 Å². The molecule has 1 aromatic heterocycles. The van der Waals surface area contributed by atoms with E-state index in [1.54, 1.807) is 37.4 Å². The van der Waals surface area contributed by atoms with Crippen LogP contribution in [0.15, 0.2) is 41.7 Å². The predicted molar refractivity (Wildman–Crippen MR) is 81.4 cm³/mol. The third-order valence-electron chi connectivity index (χ3n) is 2.87. The van der Waals surface area contributed by atoms with Crippen molar-refractivity contribution in [2.45, 2.75) is 18.2 Å². The van der Waals surface area contributed by atoms with Gasteiger partial charge in [-0.15, -0.1) is 0 Å². The molecule has 1 heterocycles. The summed E-state index contributed by atoms with van der Waals surface area (Å²) in [6, 6.07) is 8.28. The summed E-state index contributed by atoms with van der Waals surface area (Å²) in [6.07, 6.45) is 1.53. The lowest BCUT2D eigenvalue weighted by molar-refractivity contribution is -0.142. The summed E-state index contributed by atoms with van der Waals surface area (Å²) < 4.78 is 5.38. The SMILES string of the molecule is CSc1nccc(C(=O)C(Oc2ccccc2C)C(=O)O)n1. The van der Waals surface area contributed by atoms with Crippen molar-refractivity contribution in [3.8, 4) is 5.75 Å². The molecule has 6 nitrogen and oxygen atoms in total. The summed E-state index contributed by atoms with van der Waals surface area (Å²) in [4.78, 5) is 31.7. The number of Topliss-reactive ketones (excluding diaryl/α,β-unsaturated/α-hetero) is 1. The maximum atomic E-state index is 12.4. The number of nitrogens with zero attached hydrogens (tertiary/aromatic N) is 2. The van der Waals surface area contributed by atoms with Gasteiger partial charge in [-0.05, 0) is 30.9 Å². The molecule has 1 unspecified atom stereocenters. The number of carboxylic acid groups (broad SMARTS) is 1. The van der Waals surface area contributed by atoms with Crippen LogP contribution in [0.3, 0.4) is 0 Å². The standard InChI is InChI=1S/C15H14N2O4S/c1-9-5-3-4-6-11(9)21-13(14(19)20)12(18)10-7-8-16-15(17-10)22-2/h3-8,13H,1-2H3,(H,19,20). The quantitative estimate of drug-likeness (QED) is 0.378. The number of aliphatic carboxylic acids is 1. The van der Waals surface area contributed by atoms with Gasteiger partial charge in [-0.1, -0.05) is 30.0 Å². The molecule has 1 N–H and O–H groups in total. The van der Waals surface area contributed by atoms with Gasteiger partial charge in [-0.25, -0.2) is 14.8 Å². The number of hydrogen-bond acceptors (Lipinski definition) is 6. The van der Waals surface area contributed by atoms with E-state index in [4.69, 9.17) is 4.74 Å². The highest BCUT2D eigenvalue weighted by Crippen LogP contribution is 2.19. The molecule has 114 valence electrons. The van der Waals surface area contributed by atoms with Crippen molar-refractivity contribution in [3.63, 3.8) is 0 Å². The first-order valence-electron chi connectivity index (χ1n) is 6.39. The predicted octanol–water partition coefficient (Wildman–Crippen LogP) is 2.22. The molecule has 1 aromatic carbocycles. The van der Waals surface area contributed by atoms with E-state index in [9.17, 15) is 14.7 Å². The average molecular weight is 318 g/mol. The summed E-state index contributed by atoms with van der Waals surface area (Å²) in [6.45, 7) is 1.77. The zero-order valence-corrected chi connectivity index (χ0v) is 12.8. The Kier molecular flexibility index (Phi) is 5.11. The Hall–Kier alpha value is -2.41. The number of ketones is 1. The minimum atomic E-state index is -1.65. The van der Waals surface area contributed by atoms with Crippen LogP contribution >= 0.6 is 11.8 Å². The highest BCUT2D eigenvalue weighted by molar-refractivity contribution is 7.98. The van der Waals surface area contributed by atoms with Gasteiger partial charge in [0.2, 0.25) is 5.78 Å². The molecule has 0 amide bonds. The number of carbonyl (C=O) groups is 2. The summed E-state index contributed by atoms with van der Waals surface area (Å²) in [5, 5.41) is 9.68. The summed E-state index contributed by atoms with van der Waals surface area (Å²) in [5.41, 5.74) is 0.759. The molecule has 0 saturated heterocycles. The lowest BCUT2D eigenvalue weighted by Gasteiger charge is -2.15. The maximum absolute atomic E-state index is 12.4. The molecule has 0 spiro atoms. The van der Waals surface area contributed by atoms with Crippen molar-refractivity contribution in [2.75, 3.05) is 6.26 Å². The monoisotopic (exact) mass is 318 g/mol. The van der Waals surface area contributed by atoms with Crippen molar-refractivity contribution >= 4 is 23.5 Å². The number of aromatic nitrogens is 2. The van der Waals surface area contributed by atoms with Crippen LogP contribution in [0.25, 0.3) is 0 Å². The van der Waals surface area contributed by atoms with Crippen molar-refractivity contribution in [1.29, 1.82) is 0 Å². The van der Waals surface area contributed by atoms with Gasteiger partial charge in [0.25, 0.3) is 6.10 Å². The number of thioether (sulfide) groups is 1. The molecular formula is C15H14N2O4S. The van der Waals surface area contributed by atoms with E-state index in [1.165, 1.54) is 24.0 Å². The minimum Gasteiger partial charge on any atom is -0.478 e. The van der Waals surface area contributed by atoms with Crippen LogP contribution in [0.5, 0.6) is 5.75 Å². The maximum Gasteiger partial charge on any atom is 0.353 e. The lowest BCUT2D eigenvalue weighted by atomic mass is 10.1. The fraction of sp³-hybridized carbons (Fsp3) is 0.200. The van der Waals surface area contributed by atoms with Crippen LogP contribution in [-0.2, 0) is 4.79 Å². The average Bonchev–Trinajstić information content (AvgIpc) is 2.53. The molecule has 22 heavy (non-hydrogen) atoms. The molecule has 2 rings (SSSR count).